The molecule has 0 aromatic carbocycles. The van der Waals surface area contributed by atoms with Crippen LogP contribution in [0, 0.1) is 0 Å². The Kier molecular flexibility index (Phi) is 71.0. The van der Waals surface area contributed by atoms with E-state index in [2.05, 4.69) is 184 Å². The highest BCUT2D eigenvalue weighted by Crippen LogP contribution is 2.43. The lowest BCUT2D eigenvalue weighted by molar-refractivity contribution is -0.870. The number of esters is 2. The summed E-state index contributed by atoms with van der Waals surface area (Å²) in [4.78, 5) is 36.0. The van der Waals surface area contributed by atoms with Crippen LogP contribution in [0.1, 0.15) is 309 Å². The molecule has 9 nitrogen and oxygen atoms in total. The molecule has 0 heterocycles. The first-order valence-electron chi connectivity index (χ1n) is 38.9. The molecule has 0 amide bonds. The van der Waals surface area contributed by atoms with Crippen molar-refractivity contribution in [3.05, 3.63) is 170 Å². The van der Waals surface area contributed by atoms with Crippen molar-refractivity contribution < 1.29 is 42.1 Å². The summed E-state index contributed by atoms with van der Waals surface area (Å²) in [7, 11) is 1.47. The Labute approximate surface area is 591 Å². The standard InChI is InChI=1S/C86H144NO8P/c1-6-8-10-12-14-16-18-20-22-24-26-28-30-32-34-36-38-39-40-41-42-43-44-45-46-47-49-51-53-55-57-59-61-63-65-67-69-71-73-75-77-79-86(89)95-84(83-94-96(90,91)93-81-80-87(3,4)5)82-92-85(88)78-76-74-72-70-68-66-64-62-60-58-56-54-52-50-48-37-35-33-31-29-27-25-23-21-19-17-15-13-11-9-7-2/h8-11,14-17,20-23,26-29,32-35,38-39,41-42,44-45,47,49,84H,6-7,12-13,18-19,24-25,30-31,36-37,40,43,46,48,50-83H2,1-5H3/p+1/b10-8-,11-9-,16-14-,17-15-,22-20-,23-21-,28-26-,29-27-,34-32-,35-33-,39-38-,42-41-,45-44-,49-47-. The second-order valence-electron chi connectivity index (χ2n) is 26.6. The summed E-state index contributed by atoms with van der Waals surface area (Å²) in [5.41, 5.74) is 0. The minimum Gasteiger partial charge on any atom is -0.462 e. The van der Waals surface area contributed by atoms with Crippen LogP contribution in [-0.4, -0.2) is 74.9 Å². The van der Waals surface area contributed by atoms with Crippen LogP contribution in [-0.2, 0) is 32.7 Å². The third-order valence-electron chi connectivity index (χ3n) is 16.2. The molecule has 2 unspecified atom stereocenters. The highest BCUT2D eigenvalue weighted by atomic mass is 31.2. The van der Waals surface area contributed by atoms with E-state index in [1.807, 2.05) is 21.1 Å². The normalized spacial score (nSPS) is 14.0. The first-order valence-corrected chi connectivity index (χ1v) is 40.4. The molecule has 0 aliphatic rings. The van der Waals surface area contributed by atoms with E-state index < -0.39 is 26.5 Å². The van der Waals surface area contributed by atoms with E-state index in [1.165, 1.54) is 148 Å². The van der Waals surface area contributed by atoms with Gasteiger partial charge in [-0.25, -0.2) is 4.57 Å². The van der Waals surface area contributed by atoms with Crippen LogP contribution >= 0.6 is 7.82 Å². The summed E-state index contributed by atoms with van der Waals surface area (Å²) < 4.78 is 34.8. The zero-order valence-corrected chi connectivity index (χ0v) is 63.2. The van der Waals surface area contributed by atoms with E-state index in [0.29, 0.717) is 17.4 Å². The van der Waals surface area contributed by atoms with Crippen molar-refractivity contribution in [2.75, 3.05) is 47.5 Å². The molecule has 0 saturated carbocycles. The number of phosphoric acid groups is 1. The van der Waals surface area contributed by atoms with Crippen molar-refractivity contribution in [1.82, 2.24) is 0 Å². The van der Waals surface area contributed by atoms with Gasteiger partial charge < -0.3 is 18.9 Å². The SMILES string of the molecule is CC/C=C\C/C=C\C/C=C\C/C=C\C/C=C\C/C=C\C/C=C\C/C=C\C/C=C\CCCCCCCCCCCCCCCC(=O)OC(COC(=O)CCCCCCCCCCCCCCCCC/C=C\C/C=C\C/C=C\C/C=C\C/C=C\CC)COP(=O)(O)OCC[N+](C)(C)C. The van der Waals surface area contributed by atoms with Crippen LogP contribution in [0.2, 0.25) is 0 Å². The predicted molar refractivity (Wildman–Crippen MR) is 417 cm³/mol. The van der Waals surface area contributed by atoms with Gasteiger partial charge >= 0.3 is 19.8 Å². The van der Waals surface area contributed by atoms with Gasteiger partial charge in [0.25, 0.3) is 0 Å². The number of carbonyl (C=O) groups excluding carboxylic acids is 2. The van der Waals surface area contributed by atoms with Gasteiger partial charge in [0.05, 0.1) is 27.7 Å². The van der Waals surface area contributed by atoms with E-state index >= 15 is 0 Å². The largest absolute Gasteiger partial charge is 0.472 e. The van der Waals surface area contributed by atoms with E-state index in [0.717, 1.165) is 128 Å². The summed E-state index contributed by atoms with van der Waals surface area (Å²) >= 11 is 0. The van der Waals surface area contributed by atoms with Gasteiger partial charge in [0.2, 0.25) is 0 Å². The Morgan fingerprint density at radius 1 is 0.323 bits per heavy atom. The average Bonchev–Trinajstić information content (AvgIpc) is 2.54. The second-order valence-corrected chi connectivity index (χ2v) is 28.1. The molecular weight excluding hydrogens is 1210 g/mol. The van der Waals surface area contributed by atoms with E-state index in [9.17, 15) is 19.0 Å². The summed E-state index contributed by atoms with van der Waals surface area (Å²) in [6.45, 7) is 4.22. The number of allylic oxidation sites excluding steroid dienone is 28. The third-order valence-corrected chi connectivity index (χ3v) is 17.2. The molecule has 546 valence electrons. The van der Waals surface area contributed by atoms with Crippen LogP contribution < -0.4 is 0 Å². The zero-order valence-electron chi connectivity index (χ0n) is 62.3. The maximum atomic E-state index is 12.9. The van der Waals surface area contributed by atoms with E-state index in [1.54, 1.807) is 0 Å². The smallest absolute Gasteiger partial charge is 0.462 e. The van der Waals surface area contributed by atoms with Gasteiger partial charge in [-0.15, -0.1) is 0 Å². The fourth-order valence-electron chi connectivity index (χ4n) is 10.4. The first-order chi connectivity index (χ1) is 47.0. The van der Waals surface area contributed by atoms with Crippen molar-refractivity contribution >= 4 is 19.8 Å². The molecule has 0 aliphatic carbocycles. The number of hydrogen-bond donors (Lipinski definition) is 1. The molecule has 1 N–H and O–H groups in total. The zero-order chi connectivity index (χ0) is 69.7. The van der Waals surface area contributed by atoms with Gasteiger partial charge in [-0.1, -0.05) is 338 Å². The van der Waals surface area contributed by atoms with E-state index in [-0.39, 0.29) is 32.0 Å². The van der Waals surface area contributed by atoms with E-state index in [4.69, 9.17) is 18.5 Å². The number of carbonyl (C=O) groups is 2. The van der Waals surface area contributed by atoms with Crippen LogP contribution in [0.4, 0.5) is 0 Å². The van der Waals surface area contributed by atoms with Gasteiger partial charge in [0, 0.05) is 12.8 Å². The Hall–Kier alpha value is -4.63. The molecular formula is C86H145NO8P+. The number of rotatable bonds is 70. The molecule has 0 saturated heterocycles. The molecule has 0 aliphatic heterocycles. The Bertz CT molecular complexity index is 2230. The fourth-order valence-corrected chi connectivity index (χ4v) is 11.1. The number of quaternary nitrogens is 1. The Morgan fingerprint density at radius 2 is 0.562 bits per heavy atom. The number of phosphoric ester groups is 1. The molecule has 0 aromatic heterocycles. The highest BCUT2D eigenvalue weighted by molar-refractivity contribution is 7.47. The van der Waals surface area contributed by atoms with Crippen molar-refractivity contribution in [3.8, 4) is 0 Å². The van der Waals surface area contributed by atoms with Crippen molar-refractivity contribution in [3.63, 3.8) is 0 Å². The van der Waals surface area contributed by atoms with Crippen LogP contribution in [0.3, 0.4) is 0 Å². The van der Waals surface area contributed by atoms with Gasteiger partial charge in [-0.3, -0.25) is 18.6 Å². The number of nitrogens with zero attached hydrogens (tertiary/aromatic N) is 1. The summed E-state index contributed by atoms with van der Waals surface area (Å²) in [5, 5.41) is 0. The molecule has 0 rings (SSSR count). The number of ether oxygens (including phenoxy) is 2. The summed E-state index contributed by atoms with van der Waals surface area (Å²) in [6, 6.07) is 0. The van der Waals surface area contributed by atoms with Crippen molar-refractivity contribution in [2.45, 2.75) is 315 Å². The summed E-state index contributed by atoms with van der Waals surface area (Å²) in [6.07, 6.45) is 113. The van der Waals surface area contributed by atoms with Gasteiger partial charge in [-0.05, 0) is 128 Å². The second kappa shape index (κ2) is 74.6. The molecule has 2 atom stereocenters. The van der Waals surface area contributed by atoms with Crippen LogP contribution in [0.5, 0.6) is 0 Å². The fraction of sp³-hybridized carbons (Fsp3) is 0.651. The molecule has 0 spiro atoms. The van der Waals surface area contributed by atoms with Crippen LogP contribution in [0.15, 0.2) is 170 Å². The molecule has 96 heavy (non-hydrogen) atoms. The predicted octanol–water partition coefficient (Wildman–Crippen LogP) is 26.1. The topological polar surface area (TPSA) is 108 Å². The van der Waals surface area contributed by atoms with Gasteiger partial charge in [-0.2, -0.15) is 0 Å². The van der Waals surface area contributed by atoms with Gasteiger partial charge in [0.1, 0.15) is 19.8 Å². The molecule has 0 fully saturated rings. The lowest BCUT2D eigenvalue weighted by atomic mass is 10.0. The third kappa shape index (κ3) is 78.4. The van der Waals surface area contributed by atoms with Gasteiger partial charge in [0.15, 0.2) is 6.10 Å². The number of likely N-dealkylation sites (N-methyl/N-ethyl adjacent to an activating group) is 1. The monoisotopic (exact) mass is 1350 g/mol. The molecule has 0 bridgehead atoms. The molecule has 0 radical (unpaired) electrons. The maximum absolute atomic E-state index is 12.9. The van der Waals surface area contributed by atoms with Crippen LogP contribution in [0.25, 0.3) is 0 Å². The average molecular weight is 1350 g/mol. The maximum Gasteiger partial charge on any atom is 0.472 e. The lowest BCUT2D eigenvalue weighted by Crippen LogP contribution is -2.37. The minimum absolute atomic E-state index is 0.0254. The van der Waals surface area contributed by atoms with Crippen molar-refractivity contribution in [2.24, 2.45) is 0 Å². The number of hydrogen-bond acceptors (Lipinski definition) is 7. The molecule has 0 aromatic rings. The highest BCUT2D eigenvalue weighted by Gasteiger charge is 2.27. The minimum atomic E-state index is -4.40. The quantitative estimate of drug-likeness (QED) is 0.0211. The summed E-state index contributed by atoms with van der Waals surface area (Å²) in [5.74, 6) is -0.799. The first kappa shape index (κ1) is 91.4. The Morgan fingerprint density at radius 3 is 0.833 bits per heavy atom. The Balaban J connectivity index is 4.03. The van der Waals surface area contributed by atoms with Crippen molar-refractivity contribution in [1.29, 1.82) is 0 Å². The molecule has 10 heteroatoms. The number of unbranched alkanes of at least 4 members (excludes halogenated alkanes) is 28. The lowest BCUT2D eigenvalue weighted by Gasteiger charge is -2.24.